The summed E-state index contributed by atoms with van der Waals surface area (Å²) in [7, 11) is 0. The highest BCUT2D eigenvalue weighted by atomic mass is 32.1. The van der Waals surface area contributed by atoms with E-state index in [4.69, 9.17) is 10.7 Å². The molecule has 1 atom stereocenters. The fraction of sp³-hybridized carbons (Fsp3) is 0.208. The quantitative estimate of drug-likeness (QED) is 0.405. The second-order valence-corrected chi connectivity index (χ2v) is 8.78. The average Bonchev–Trinajstić information content (AvgIpc) is 3.48. The Morgan fingerprint density at radius 1 is 1.09 bits per heavy atom. The van der Waals surface area contributed by atoms with Crippen LogP contribution < -0.4 is 11.1 Å². The van der Waals surface area contributed by atoms with Crippen LogP contribution in [0.3, 0.4) is 0 Å². The first-order valence-electron chi connectivity index (χ1n) is 10.8. The highest BCUT2D eigenvalue weighted by Crippen LogP contribution is 2.33. The van der Waals surface area contributed by atoms with Crippen molar-refractivity contribution in [1.29, 1.82) is 0 Å². The first-order valence-corrected chi connectivity index (χ1v) is 11.7. The van der Waals surface area contributed by atoms with Crippen LogP contribution in [0.1, 0.15) is 11.5 Å². The lowest BCUT2D eigenvalue weighted by Crippen LogP contribution is -2.47. The molecule has 0 fully saturated rings. The van der Waals surface area contributed by atoms with Gasteiger partial charge in [0, 0.05) is 36.1 Å². The molecule has 2 aromatic heterocycles. The number of amides is 1. The van der Waals surface area contributed by atoms with Crippen molar-refractivity contribution in [2.75, 3.05) is 11.9 Å². The Bertz CT molecular complexity index is 1290. The highest BCUT2D eigenvalue weighted by Gasteiger charge is 2.29. The highest BCUT2D eigenvalue weighted by molar-refractivity contribution is 7.59. The summed E-state index contributed by atoms with van der Waals surface area (Å²) in [6.07, 6.45) is 0.380. The van der Waals surface area contributed by atoms with Crippen LogP contribution in [0.4, 0.5) is 20.3 Å². The molecule has 0 radical (unpaired) electrons. The minimum Gasteiger partial charge on any atom is -0.340 e. The van der Waals surface area contributed by atoms with Crippen molar-refractivity contribution in [2.45, 2.75) is 25.6 Å². The van der Waals surface area contributed by atoms with Crippen molar-refractivity contribution in [2.24, 2.45) is 5.73 Å². The Balaban J connectivity index is 0.00000289. The standard InChI is InChI=1S/C24H22F2N6OS.H2S/c25-16-3-1-15(2-4-16)22-23(29-18-7-5-17(26)6-8-18)32-10-9-31(12-21(32)30-22)24(33)20(27)11-19-13-34-14-28-19;/h1-8,13-14,20,29H,9-12,27H2;1H2/t20-;/m0./s1. The molecule has 0 aliphatic carbocycles. The van der Waals surface area contributed by atoms with Gasteiger partial charge < -0.3 is 20.5 Å². The van der Waals surface area contributed by atoms with Crippen LogP contribution >= 0.6 is 24.8 Å². The van der Waals surface area contributed by atoms with Crippen LogP contribution in [0.5, 0.6) is 0 Å². The number of fused-ring (bicyclic) bond motifs is 1. The lowest BCUT2D eigenvalue weighted by Gasteiger charge is -2.30. The molecule has 0 unspecified atom stereocenters. The summed E-state index contributed by atoms with van der Waals surface area (Å²) in [4.78, 5) is 23.7. The number of nitrogens with zero attached hydrogens (tertiary/aromatic N) is 4. The number of benzene rings is 2. The SMILES string of the molecule is N[C@@H](Cc1cscn1)C(=O)N1CCn2c(nc(-c3ccc(F)cc3)c2Nc2ccc(F)cc2)C1.S. The Labute approximate surface area is 212 Å². The summed E-state index contributed by atoms with van der Waals surface area (Å²) < 4.78 is 28.9. The van der Waals surface area contributed by atoms with E-state index in [1.165, 1.54) is 35.6 Å². The van der Waals surface area contributed by atoms with E-state index in [0.29, 0.717) is 49.1 Å². The van der Waals surface area contributed by atoms with Gasteiger partial charge in [0.25, 0.3) is 0 Å². The van der Waals surface area contributed by atoms with Crippen molar-refractivity contribution < 1.29 is 13.6 Å². The topological polar surface area (TPSA) is 89.1 Å². The maximum Gasteiger partial charge on any atom is 0.240 e. The number of halogens is 2. The zero-order valence-corrected chi connectivity index (χ0v) is 20.4. The van der Waals surface area contributed by atoms with E-state index in [9.17, 15) is 13.6 Å². The molecule has 35 heavy (non-hydrogen) atoms. The van der Waals surface area contributed by atoms with Gasteiger partial charge >= 0.3 is 0 Å². The van der Waals surface area contributed by atoms with Crippen LogP contribution in [0, 0.1) is 11.6 Å². The van der Waals surface area contributed by atoms with Crippen LogP contribution in [-0.4, -0.2) is 37.9 Å². The number of nitrogens with one attached hydrogen (secondary N) is 1. The lowest BCUT2D eigenvalue weighted by molar-refractivity contribution is -0.134. The van der Waals surface area contributed by atoms with Crippen LogP contribution in [0.15, 0.2) is 59.4 Å². The molecule has 3 N–H and O–H groups in total. The molecule has 0 bridgehead atoms. The number of hydrogen-bond donors (Lipinski definition) is 2. The monoisotopic (exact) mass is 514 g/mol. The molecule has 1 aliphatic rings. The second-order valence-electron chi connectivity index (χ2n) is 8.07. The van der Waals surface area contributed by atoms with Gasteiger partial charge in [0.05, 0.1) is 23.8 Å². The predicted octanol–water partition coefficient (Wildman–Crippen LogP) is 4.05. The maximum absolute atomic E-state index is 13.5. The summed E-state index contributed by atoms with van der Waals surface area (Å²) in [6, 6.07) is 11.4. The van der Waals surface area contributed by atoms with Crippen molar-refractivity contribution >= 4 is 42.2 Å². The number of imidazole rings is 1. The van der Waals surface area contributed by atoms with Gasteiger partial charge in [-0.25, -0.2) is 18.7 Å². The molecule has 182 valence electrons. The number of anilines is 2. The largest absolute Gasteiger partial charge is 0.340 e. The van der Waals surface area contributed by atoms with E-state index in [0.717, 1.165) is 11.3 Å². The third kappa shape index (κ3) is 5.37. The molecule has 2 aromatic carbocycles. The van der Waals surface area contributed by atoms with Crippen molar-refractivity contribution in [3.05, 3.63) is 82.6 Å². The lowest BCUT2D eigenvalue weighted by atomic mass is 10.1. The zero-order valence-electron chi connectivity index (χ0n) is 18.6. The van der Waals surface area contributed by atoms with Gasteiger partial charge in [-0.15, -0.1) is 11.3 Å². The Morgan fingerprint density at radius 3 is 2.43 bits per heavy atom. The second kappa shape index (κ2) is 10.5. The van der Waals surface area contributed by atoms with Gasteiger partial charge in [-0.3, -0.25) is 4.79 Å². The van der Waals surface area contributed by atoms with E-state index in [1.54, 1.807) is 34.7 Å². The van der Waals surface area contributed by atoms with Gasteiger partial charge in [0.15, 0.2) is 0 Å². The van der Waals surface area contributed by atoms with Crippen LogP contribution in [-0.2, 0) is 24.3 Å². The summed E-state index contributed by atoms with van der Waals surface area (Å²) in [5, 5.41) is 5.21. The molecule has 0 saturated carbocycles. The number of thiazole rings is 1. The van der Waals surface area contributed by atoms with Crippen molar-refractivity contribution in [3.63, 3.8) is 0 Å². The Kier molecular flexibility index (Phi) is 7.48. The van der Waals surface area contributed by atoms with Gasteiger partial charge in [0.2, 0.25) is 5.91 Å². The van der Waals surface area contributed by atoms with E-state index < -0.39 is 6.04 Å². The molecular weight excluding hydrogens is 490 g/mol. The number of hydrogen-bond acceptors (Lipinski definition) is 6. The molecule has 3 heterocycles. The van der Waals surface area contributed by atoms with Gasteiger partial charge in [-0.05, 0) is 48.5 Å². The van der Waals surface area contributed by atoms with E-state index in [2.05, 4.69) is 10.3 Å². The van der Waals surface area contributed by atoms with E-state index >= 15 is 0 Å². The summed E-state index contributed by atoms with van der Waals surface area (Å²) >= 11 is 1.47. The zero-order chi connectivity index (χ0) is 23.7. The number of nitrogens with two attached hydrogens (primary N) is 1. The van der Waals surface area contributed by atoms with Gasteiger partial charge in [-0.2, -0.15) is 13.5 Å². The molecular formula is C24H24F2N6OS2. The summed E-state index contributed by atoms with van der Waals surface area (Å²) in [6.45, 7) is 1.26. The molecule has 7 nitrogen and oxygen atoms in total. The van der Waals surface area contributed by atoms with Crippen molar-refractivity contribution in [3.8, 4) is 11.3 Å². The number of carbonyl (C=O) groups excluding carboxylic acids is 1. The first kappa shape index (κ1) is 24.8. The third-order valence-electron chi connectivity index (χ3n) is 5.74. The minimum absolute atomic E-state index is 0. The predicted molar refractivity (Wildman–Crippen MR) is 137 cm³/mol. The molecule has 1 amide bonds. The number of rotatable bonds is 6. The molecule has 4 aromatic rings. The summed E-state index contributed by atoms with van der Waals surface area (Å²) in [5.41, 5.74) is 10.7. The Hall–Kier alpha value is -3.28. The summed E-state index contributed by atoms with van der Waals surface area (Å²) in [5.74, 6) is 0.560. The van der Waals surface area contributed by atoms with Crippen molar-refractivity contribution in [1.82, 2.24) is 19.4 Å². The molecule has 5 rings (SSSR count). The molecule has 0 spiro atoms. The smallest absolute Gasteiger partial charge is 0.240 e. The normalized spacial score (nSPS) is 13.6. The average molecular weight is 515 g/mol. The number of carbonyl (C=O) groups is 1. The van der Waals surface area contributed by atoms with Gasteiger partial charge in [0.1, 0.15) is 29.0 Å². The third-order valence-corrected chi connectivity index (χ3v) is 6.37. The Morgan fingerprint density at radius 2 is 1.77 bits per heavy atom. The minimum atomic E-state index is -0.683. The van der Waals surface area contributed by atoms with Gasteiger partial charge in [-0.1, -0.05) is 0 Å². The first-order chi connectivity index (χ1) is 16.5. The molecule has 1 aliphatic heterocycles. The van der Waals surface area contributed by atoms with Crippen LogP contribution in [0.2, 0.25) is 0 Å². The fourth-order valence-electron chi connectivity index (χ4n) is 4.01. The number of aromatic nitrogens is 3. The molecule has 11 heteroatoms. The maximum atomic E-state index is 13.5. The fourth-order valence-corrected chi connectivity index (χ4v) is 4.58. The van der Waals surface area contributed by atoms with E-state index in [-0.39, 0.29) is 31.0 Å². The van der Waals surface area contributed by atoms with Crippen LogP contribution in [0.25, 0.3) is 11.3 Å². The molecule has 0 saturated heterocycles. The van der Waals surface area contributed by atoms with E-state index in [1.807, 2.05) is 9.95 Å².